The largest absolute Gasteiger partial charge is 0.496 e. The van der Waals surface area contributed by atoms with E-state index in [0.29, 0.717) is 24.1 Å². The van der Waals surface area contributed by atoms with E-state index >= 15 is 0 Å². The van der Waals surface area contributed by atoms with Crippen LogP contribution in [0.1, 0.15) is 31.2 Å². The Morgan fingerprint density at radius 2 is 2.05 bits per heavy atom. The van der Waals surface area contributed by atoms with Crippen LogP contribution >= 0.6 is 0 Å². The first-order valence-electron chi connectivity index (χ1n) is 7.02. The Labute approximate surface area is 113 Å². The molecule has 1 aromatic rings. The molecule has 0 saturated heterocycles. The lowest BCUT2D eigenvalue weighted by atomic mass is 10.00. The lowest BCUT2D eigenvalue weighted by Crippen LogP contribution is -2.44. The molecule has 3 rings (SSSR count). The van der Waals surface area contributed by atoms with Gasteiger partial charge in [-0.15, -0.1) is 0 Å². The normalized spacial score (nSPS) is 22.9. The summed E-state index contributed by atoms with van der Waals surface area (Å²) in [6, 6.07) is 3.93. The minimum Gasteiger partial charge on any atom is -0.496 e. The van der Waals surface area contributed by atoms with Gasteiger partial charge >= 0.3 is 0 Å². The predicted octanol–water partition coefficient (Wildman–Crippen LogP) is 2.67. The van der Waals surface area contributed by atoms with Crippen molar-refractivity contribution in [1.29, 1.82) is 0 Å². The van der Waals surface area contributed by atoms with Crippen LogP contribution in [-0.2, 0) is 6.42 Å². The second-order valence-electron chi connectivity index (χ2n) is 5.42. The molecular weight excluding hydrogens is 245 g/mol. The smallest absolute Gasteiger partial charge is 0.165 e. The number of hydrogen-bond acceptors (Lipinski definition) is 3. The van der Waals surface area contributed by atoms with Crippen LogP contribution in [0.5, 0.6) is 11.5 Å². The molecule has 0 spiro atoms. The minimum absolute atomic E-state index is 0.256. The van der Waals surface area contributed by atoms with E-state index in [1.54, 1.807) is 13.2 Å². The lowest BCUT2D eigenvalue weighted by Gasteiger charge is -2.29. The van der Waals surface area contributed by atoms with Crippen LogP contribution in [0.2, 0.25) is 0 Å². The molecule has 3 nitrogen and oxygen atoms in total. The fourth-order valence-corrected chi connectivity index (χ4v) is 3.14. The molecule has 1 atom stereocenters. The van der Waals surface area contributed by atoms with Crippen molar-refractivity contribution in [2.24, 2.45) is 0 Å². The average Bonchev–Trinajstić information content (AvgIpc) is 2.92. The van der Waals surface area contributed by atoms with Crippen molar-refractivity contribution in [2.45, 2.75) is 44.2 Å². The van der Waals surface area contributed by atoms with Gasteiger partial charge in [0.05, 0.1) is 7.11 Å². The van der Waals surface area contributed by atoms with Gasteiger partial charge in [-0.3, -0.25) is 0 Å². The molecule has 1 N–H and O–H groups in total. The summed E-state index contributed by atoms with van der Waals surface area (Å²) < 4.78 is 24.6. The first kappa shape index (κ1) is 12.7. The summed E-state index contributed by atoms with van der Waals surface area (Å²) >= 11 is 0. The van der Waals surface area contributed by atoms with Crippen molar-refractivity contribution < 1.29 is 13.9 Å². The maximum absolute atomic E-state index is 13.7. The molecule has 1 aliphatic heterocycles. The Hall–Kier alpha value is -1.29. The standard InChI is InChI=1S/C15H20FNO2/c1-18-14-7-6-13(16)15-12(14)8-11(9-19-15)17-10-4-2-3-5-10/h6-7,10-11,17H,2-5,8-9H2,1H3. The van der Waals surface area contributed by atoms with Crippen LogP contribution in [0.25, 0.3) is 0 Å². The van der Waals surface area contributed by atoms with Crippen molar-refractivity contribution >= 4 is 0 Å². The Morgan fingerprint density at radius 3 is 2.79 bits per heavy atom. The van der Waals surface area contributed by atoms with Gasteiger partial charge in [0.1, 0.15) is 12.4 Å². The zero-order valence-corrected chi connectivity index (χ0v) is 11.2. The van der Waals surface area contributed by atoms with Crippen LogP contribution in [0.3, 0.4) is 0 Å². The summed E-state index contributed by atoms with van der Waals surface area (Å²) in [7, 11) is 1.61. The predicted molar refractivity (Wildman–Crippen MR) is 71.3 cm³/mol. The number of nitrogens with one attached hydrogen (secondary N) is 1. The molecule has 1 aliphatic carbocycles. The van der Waals surface area contributed by atoms with Crippen LogP contribution in [-0.4, -0.2) is 25.8 Å². The molecule has 1 heterocycles. The van der Waals surface area contributed by atoms with Crippen LogP contribution in [0, 0.1) is 5.82 Å². The number of hydrogen-bond donors (Lipinski definition) is 1. The van der Waals surface area contributed by atoms with Crippen LogP contribution in [0.4, 0.5) is 4.39 Å². The summed E-state index contributed by atoms with van der Waals surface area (Å²) in [4.78, 5) is 0. The molecule has 104 valence electrons. The van der Waals surface area contributed by atoms with E-state index in [-0.39, 0.29) is 11.9 Å². The van der Waals surface area contributed by atoms with Gasteiger partial charge in [-0.05, 0) is 31.4 Å². The number of ether oxygens (including phenoxy) is 2. The second-order valence-corrected chi connectivity index (χ2v) is 5.42. The molecule has 0 amide bonds. The summed E-state index contributed by atoms with van der Waals surface area (Å²) in [5.74, 6) is 0.785. The number of fused-ring (bicyclic) bond motifs is 1. The van der Waals surface area contributed by atoms with Crippen molar-refractivity contribution in [3.63, 3.8) is 0 Å². The van der Waals surface area contributed by atoms with Crippen LogP contribution < -0.4 is 14.8 Å². The fraction of sp³-hybridized carbons (Fsp3) is 0.600. The molecular formula is C15H20FNO2. The number of methoxy groups -OCH3 is 1. The van der Waals surface area contributed by atoms with Gasteiger partial charge in [-0.2, -0.15) is 0 Å². The molecule has 19 heavy (non-hydrogen) atoms. The zero-order valence-electron chi connectivity index (χ0n) is 11.2. The quantitative estimate of drug-likeness (QED) is 0.911. The third-order valence-corrected chi connectivity index (χ3v) is 4.10. The third kappa shape index (κ3) is 2.54. The van der Waals surface area contributed by atoms with Gasteiger partial charge < -0.3 is 14.8 Å². The Kier molecular flexibility index (Phi) is 3.60. The highest BCUT2D eigenvalue weighted by Gasteiger charge is 2.28. The second kappa shape index (κ2) is 5.37. The highest BCUT2D eigenvalue weighted by atomic mass is 19.1. The molecule has 0 bridgehead atoms. The first-order valence-corrected chi connectivity index (χ1v) is 7.02. The van der Waals surface area contributed by atoms with E-state index in [9.17, 15) is 4.39 Å². The van der Waals surface area contributed by atoms with Gasteiger partial charge in [-0.1, -0.05) is 12.8 Å². The Balaban J connectivity index is 1.76. The van der Waals surface area contributed by atoms with Gasteiger partial charge in [-0.25, -0.2) is 4.39 Å². The zero-order chi connectivity index (χ0) is 13.2. The maximum atomic E-state index is 13.7. The molecule has 1 unspecified atom stereocenters. The SMILES string of the molecule is COc1ccc(F)c2c1CC(NC1CCCC1)CO2. The van der Waals surface area contributed by atoms with E-state index in [2.05, 4.69) is 5.32 Å². The summed E-state index contributed by atoms with van der Waals surface area (Å²) in [5, 5.41) is 3.63. The van der Waals surface area contributed by atoms with E-state index in [0.717, 1.165) is 12.0 Å². The molecule has 1 saturated carbocycles. The molecule has 2 aliphatic rings. The molecule has 1 fully saturated rings. The first-order chi connectivity index (χ1) is 9.28. The highest BCUT2D eigenvalue weighted by Crippen LogP contribution is 2.35. The number of benzene rings is 1. The number of halogens is 1. The minimum atomic E-state index is -0.296. The summed E-state index contributed by atoms with van der Waals surface area (Å²) in [6.07, 6.45) is 5.86. The van der Waals surface area contributed by atoms with Crippen LogP contribution in [0.15, 0.2) is 12.1 Å². The topological polar surface area (TPSA) is 30.5 Å². The van der Waals surface area contributed by atoms with Crippen molar-refractivity contribution in [2.75, 3.05) is 13.7 Å². The molecule has 1 aromatic carbocycles. The maximum Gasteiger partial charge on any atom is 0.165 e. The third-order valence-electron chi connectivity index (χ3n) is 4.10. The van der Waals surface area contributed by atoms with Gasteiger partial charge in [0, 0.05) is 17.6 Å². The number of rotatable bonds is 3. The van der Waals surface area contributed by atoms with Crippen molar-refractivity contribution in [3.05, 3.63) is 23.5 Å². The molecule has 0 aromatic heterocycles. The average molecular weight is 265 g/mol. The van der Waals surface area contributed by atoms with E-state index in [1.807, 2.05) is 0 Å². The van der Waals surface area contributed by atoms with E-state index in [4.69, 9.17) is 9.47 Å². The highest BCUT2D eigenvalue weighted by molar-refractivity contribution is 5.47. The Morgan fingerprint density at radius 1 is 1.26 bits per heavy atom. The van der Waals surface area contributed by atoms with Gasteiger partial charge in [0.15, 0.2) is 11.6 Å². The fourth-order valence-electron chi connectivity index (χ4n) is 3.14. The lowest BCUT2D eigenvalue weighted by molar-refractivity contribution is 0.214. The van der Waals surface area contributed by atoms with Gasteiger partial charge in [0.2, 0.25) is 0 Å². The van der Waals surface area contributed by atoms with E-state index < -0.39 is 0 Å². The summed E-state index contributed by atoms with van der Waals surface area (Å²) in [5.41, 5.74) is 0.851. The van der Waals surface area contributed by atoms with E-state index in [1.165, 1.54) is 31.7 Å². The molecule has 0 radical (unpaired) electrons. The van der Waals surface area contributed by atoms with Gasteiger partial charge in [0.25, 0.3) is 0 Å². The summed E-state index contributed by atoms with van der Waals surface area (Å²) in [6.45, 7) is 0.535. The Bertz CT molecular complexity index is 458. The van der Waals surface area contributed by atoms with Crippen molar-refractivity contribution in [3.8, 4) is 11.5 Å². The monoisotopic (exact) mass is 265 g/mol. The molecule has 4 heteroatoms. The van der Waals surface area contributed by atoms with Crippen molar-refractivity contribution in [1.82, 2.24) is 5.32 Å².